The molecule has 4 atom stereocenters. The minimum Gasteiger partial charge on any atom is -0.447 e. The van der Waals surface area contributed by atoms with E-state index in [-0.39, 0.29) is 55.5 Å². The van der Waals surface area contributed by atoms with Gasteiger partial charge < -0.3 is 25.4 Å². The van der Waals surface area contributed by atoms with Gasteiger partial charge in [-0.1, -0.05) is 0 Å². The molecule has 2 fully saturated rings. The van der Waals surface area contributed by atoms with Crippen molar-refractivity contribution in [3.05, 3.63) is 35.1 Å². The molecule has 0 aliphatic carbocycles. The second-order valence-corrected chi connectivity index (χ2v) is 8.45. The van der Waals surface area contributed by atoms with E-state index in [4.69, 9.17) is 15.2 Å². The Balaban J connectivity index is 1.49. The van der Waals surface area contributed by atoms with Gasteiger partial charge in [0.25, 0.3) is 0 Å². The number of rotatable bonds is 9. The summed E-state index contributed by atoms with van der Waals surface area (Å²) in [5, 5.41) is 2.55. The number of alkyl carbamates (subject to hydrolysis) is 1. The lowest BCUT2D eigenvalue weighted by atomic mass is 9.82. The summed E-state index contributed by atoms with van der Waals surface area (Å²) in [4.78, 5) is 26.2. The van der Waals surface area contributed by atoms with Gasteiger partial charge in [-0.2, -0.15) is 0 Å². The van der Waals surface area contributed by atoms with Gasteiger partial charge in [0, 0.05) is 44.3 Å². The zero-order valence-corrected chi connectivity index (χ0v) is 18.1. The highest BCUT2D eigenvalue weighted by atomic mass is 19.2. The average molecular weight is 457 g/mol. The molecule has 2 amide bonds. The predicted molar refractivity (Wildman–Crippen MR) is 110 cm³/mol. The van der Waals surface area contributed by atoms with E-state index in [2.05, 4.69) is 5.32 Å². The van der Waals surface area contributed by atoms with E-state index in [1.54, 1.807) is 0 Å². The number of fused-ring (bicyclic) bond motifs is 2. The fraction of sp³-hybridized carbons (Fsp3) is 0.636. The Morgan fingerprint density at radius 3 is 2.44 bits per heavy atom. The van der Waals surface area contributed by atoms with E-state index in [9.17, 15) is 22.8 Å². The molecular weight excluding hydrogens is 427 g/mol. The SMILES string of the molecule is COCCOC(=O)NCCC(=O)N1[C@@H]2CC[C@H]1C[C@H](C(N)Cc1cc(F)c(F)cc1F)C2. The van der Waals surface area contributed by atoms with Crippen LogP contribution in [0.4, 0.5) is 18.0 Å². The number of ether oxygens (including phenoxy) is 2. The van der Waals surface area contributed by atoms with E-state index in [1.165, 1.54) is 7.11 Å². The van der Waals surface area contributed by atoms with Crippen LogP contribution in [0.25, 0.3) is 0 Å². The number of nitrogens with two attached hydrogens (primary N) is 1. The first kappa shape index (κ1) is 24.3. The molecule has 0 saturated carbocycles. The second-order valence-electron chi connectivity index (χ2n) is 8.45. The number of nitrogens with one attached hydrogen (secondary N) is 1. The van der Waals surface area contributed by atoms with Gasteiger partial charge in [0.2, 0.25) is 5.91 Å². The monoisotopic (exact) mass is 457 g/mol. The largest absolute Gasteiger partial charge is 0.447 e. The average Bonchev–Trinajstić information content (AvgIpc) is 3.01. The second kappa shape index (κ2) is 11.0. The molecule has 10 heteroatoms. The van der Waals surface area contributed by atoms with Gasteiger partial charge in [-0.05, 0) is 49.7 Å². The zero-order valence-electron chi connectivity index (χ0n) is 18.1. The van der Waals surface area contributed by atoms with Crippen LogP contribution in [0.2, 0.25) is 0 Å². The van der Waals surface area contributed by atoms with Crippen LogP contribution in [0, 0.1) is 23.4 Å². The van der Waals surface area contributed by atoms with Crippen LogP contribution in [-0.4, -0.2) is 61.9 Å². The molecule has 1 unspecified atom stereocenters. The number of carbonyl (C=O) groups is 2. The van der Waals surface area contributed by atoms with Gasteiger partial charge in [-0.25, -0.2) is 18.0 Å². The van der Waals surface area contributed by atoms with Crippen molar-refractivity contribution in [1.82, 2.24) is 10.2 Å². The zero-order chi connectivity index (χ0) is 23.3. The molecule has 2 saturated heterocycles. The third-order valence-electron chi connectivity index (χ3n) is 6.34. The van der Waals surface area contributed by atoms with Crippen LogP contribution in [0.5, 0.6) is 0 Å². The van der Waals surface area contributed by atoms with Crippen molar-refractivity contribution in [1.29, 1.82) is 0 Å². The Morgan fingerprint density at radius 1 is 1.12 bits per heavy atom. The molecule has 2 aliphatic heterocycles. The van der Waals surface area contributed by atoms with Crippen LogP contribution >= 0.6 is 0 Å². The number of benzene rings is 1. The highest BCUT2D eigenvalue weighted by molar-refractivity contribution is 5.78. The van der Waals surface area contributed by atoms with Crippen molar-refractivity contribution in [3.63, 3.8) is 0 Å². The van der Waals surface area contributed by atoms with Crippen LogP contribution in [-0.2, 0) is 20.7 Å². The Bertz CT molecular complexity index is 812. The first-order valence-electron chi connectivity index (χ1n) is 10.9. The first-order chi connectivity index (χ1) is 15.3. The molecule has 2 aliphatic rings. The predicted octanol–water partition coefficient (Wildman–Crippen LogP) is 2.51. The molecule has 1 aromatic carbocycles. The summed E-state index contributed by atoms with van der Waals surface area (Å²) in [7, 11) is 1.51. The summed E-state index contributed by atoms with van der Waals surface area (Å²) in [5.74, 6) is -3.10. The molecule has 1 aromatic rings. The molecule has 2 bridgehead atoms. The number of nitrogens with zero attached hydrogens (tertiary/aromatic N) is 1. The number of hydrogen-bond donors (Lipinski definition) is 2. The number of halogens is 3. The van der Waals surface area contributed by atoms with Gasteiger partial charge in [0.15, 0.2) is 11.6 Å². The van der Waals surface area contributed by atoms with Crippen LogP contribution in [0.3, 0.4) is 0 Å². The lowest BCUT2D eigenvalue weighted by Crippen LogP contribution is -2.50. The third kappa shape index (κ3) is 5.92. The standard InChI is InChI=1S/C22H30F3N3O4/c1-31-6-7-32-22(30)27-5-4-21(29)28-15-2-3-16(28)9-14(8-15)20(26)11-13-10-18(24)19(25)12-17(13)23/h10,12,14-16,20H,2-9,11,26H2,1H3,(H,27,30)/t14-,15-,16+,20?. The molecule has 0 aromatic heterocycles. The lowest BCUT2D eigenvalue weighted by Gasteiger charge is -2.41. The molecule has 0 radical (unpaired) electrons. The lowest BCUT2D eigenvalue weighted by molar-refractivity contribution is -0.136. The topological polar surface area (TPSA) is 93.9 Å². The maximum Gasteiger partial charge on any atom is 0.407 e. The molecule has 2 heterocycles. The van der Waals surface area contributed by atoms with Crippen LogP contribution in [0.15, 0.2) is 12.1 Å². The van der Waals surface area contributed by atoms with Crippen molar-refractivity contribution in [3.8, 4) is 0 Å². The van der Waals surface area contributed by atoms with E-state index in [0.29, 0.717) is 25.5 Å². The Labute approximate surface area is 185 Å². The Hall–Kier alpha value is -2.33. The van der Waals surface area contributed by atoms with Crippen molar-refractivity contribution < 1.29 is 32.2 Å². The van der Waals surface area contributed by atoms with E-state index < -0.39 is 29.6 Å². The summed E-state index contributed by atoms with van der Waals surface area (Å²) < 4.78 is 50.3. The van der Waals surface area contributed by atoms with Crippen LogP contribution < -0.4 is 11.1 Å². The van der Waals surface area contributed by atoms with Gasteiger partial charge in [-0.15, -0.1) is 0 Å². The number of methoxy groups -OCH3 is 1. The summed E-state index contributed by atoms with van der Waals surface area (Å²) in [6.45, 7) is 0.622. The molecule has 7 nitrogen and oxygen atoms in total. The summed E-state index contributed by atoms with van der Waals surface area (Å²) in [5.41, 5.74) is 6.38. The number of carbonyl (C=O) groups excluding carboxylic acids is 2. The maximum atomic E-state index is 14.0. The minimum atomic E-state index is -1.22. The van der Waals surface area contributed by atoms with E-state index in [0.717, 1.165) is 18.9 Å². The first-order valence-corrected chi connectivity index (χ1v) is 10.9. The van der Waals surface area contributed by atoms with Crippen molar-refractivity contribution in [2.45, 2.75) is 56.7 Å². The minimum absolute atomic E-state index is 0.0339. The fourth-order valence-corrected chi connectivity index (χ4v) is 4.79. The Kier molecular flexibility index (Phi) is 8.36. The smallest absolute Gasteiger partial charge is 0.407 e. The normalized spacial score (nSPS) is 23.2. The van der Waals surface area contributed by atoms with Crippen LogP contribution in [0.1, 0.15) is 37.7 Å². The third-order valence-corrected chi connectivity index (χ3v) is 6.34. The molecule has 0 spiro atoms. The number of amides is 2. The van der Waals surface area contributed by atoms with Crippen molar-refractivity contribution in [2.75, 3.05) is 26.9 Å². The highest BCUT2D eigenvalue weighted by Crippen LogP contribution is 2.40. The van der Waals surface area contributed by atoms with Gasteiger partial charge >= 0.3 is 6.09 Å². The maximum absolute atomic E-state index is 14.0. The fourth-order valence-electron chi connectivity index (χ4n) is 4.79. The van der Waals surface area contributed by atoms with Gasteiger partial charge in [-0.3, -0.25) is 4.79 Å². The Morgan fingerprint density at radius 2 is 1.78 bits per heavy atom. The van der Waals surface area contributed by atoms with Gasteiger partial charge in [0.05, 0.1) is 6.61 Å². The van der Waals surface area contributed by atoms with Crippen molar-refractivity contribution >= 4 is 12.0 Å². The quantitative estimate of drug-likeness (QED) is 0.439. The molecule has 178 valence electrons. The summed E-state index contributed by atoms with van der Waals surface area (Å²) in [6, 6.07) is 1.08. The molecule has 32 heavy (non-hydrogen) atoms. The summed E-state index contributed by atoms with van der Waals surface area (Å²) in [6.07, 6.45) is 2.78. The molecular formula is C22H30F3N3O4. The van der Waals surface area contributed by atoms with E-state index in [1.807, 2.05) is 4.90 Å². The number of hydrogen-bond acceptors (Lipinski definition) is 5. The summed E-state index contributed by atoms with van der Waals surface area (Å²) >= 11 is 0. The highest BCUT2D eigenvalue weighted by Gasteiger charge is 2.44. The van der Waals surface area contributed by atoms with E-state index >= 15 is 0 Å². The van der Waals surface area contributed by atoms with Gasteiger partial charge in [0.1, 0.15) is 12.4 Å². The number of piperidine rings is 1. The van der Waals surface area contributed by atoms with Crippen molar-refractivity contribution in [2.24, 2.45) is 11.7 Å². The molecule has 3 N–H and O–H groups in total. The molecule has 3 rings (SSSR count).